The standard InChI is InChI=1S/C11H13NO2S/c1-4-8-5-6-9(10(7-8)13-3)14-11(15)12-2/h4-7H,1H2,2-3H3,(H,12,15). The molecule has 0 fully saturated rings. The van der Waals surface area contributed by atoms with E-state index in [1.165, 1.54) is 0 Å². The summed E-state index contributed by atoms with van der Waals surface area (Å²) < 4.78 is 10.5. The van der Waals surface area contributed by atoms with Gasteiger partial charge in [-0.2, -0.15) is 0 Å². The van der Waals surface area contributed by atoms with E-state index in [0.29, 0.717) is 16.7 Å². The fourth-order valence-electron chi connectivity index (χ4n) is 1.05. The minimum atomic E-state index is 0.305. The van der Waals surface area contributed by atoms with Crippen LogP contribution in [0.25, 0.3) is 6.08 Å². The lowest BCUT2D eigenvalue weighted by Gasteiger charge is -2.10. The first-order valence-corrected chi connectivity index (χ1v) is 4.82. The Bertz CT molecular complexity index is 377. The molecule has 0 bridgehead atoms. The molecule has 0 amide bonds. The monoisotopic (exact) mass is 223 g/mol. The molecule has 15 heavy (non-hydrogen) atoms. The molecule has 0 saturated heterocycles. The molecule has 0 aliphatic heterocycles. The topological polar surface area (TPSA) is 30.5 Å². The molecular formula is C11H13NO2S. The van der Waals surface area contributed by atoms with Crippen molar-refractivity contribution in [3.8, 4) is 11.5 Å². The molecule has 0 aromatic heterocycles. The molecule has 0 radical (unpaired) electrons. The van der Waals surface area contributed by atoms with Crippen molar-refractivity contribution in [3.05, 3.63) is 30.3 Å². The van der Waals surface area contributed by atoms with Crippen molar-refractivity contribution in [2.75, 3.05) is 14.2 Å². The van der Waals surface area contributed by atoms with Crippen LogP contribution in [0.4, 0.5) is 0 Å². The highest BCUT2D eigenvalue weighted by atomic mass is 32.1. The van der Waals surface area contributed by atoms with Gasteiger partial charge in [-0.15, -0.1) is 0 Å². The maximum atomic E-state index is 5.35. The third-order valence-corrected chi connectivity index (χ3v) is 2.12. The van der Waals surface area contributed by atoms with Gasteiger partial charge in [0.15, 0.2) is 11.5 Å². The zero-order valence-corrected chi connectivity index (χ0v) is 9.56. The maximum absolute atomic E-state index is 5.35. The molecule has 0 aliphatic rings. The summed E-state index contributed by atoms with van der Waals surface area (Å²) in [4.78, 5) is 0. The van der Waals surface area contributed by atoms with Crippen molar-refractivity contribution in [3.63, 3.8) is 0 Å². The summed E-state index contributed by atoms with van der Waals surface area (Å²) in [5.74, 6) is 1.22. The van der Waals surface area contributed by atoms with Crippen LogP contribution in [-0.4, -0.2) is 19.3 Å². The first-order chi connectivity index (χ1) is 7.21. The van der Waals surface area contributed by atoms with E-state index in [2.05, 4.69) is 11.9 Å². The van der Waals surface area contributed by atoms with Crippen LogP contribution in [0.1, 0.15) is 5.56 Å². The summed E-state index contributed by atoms with van der Waals surface area (Å²) in [6, 6.07) is 5.50. The fourth-order valence-corrected chi connectivity index (χ4v) is 1.14. The van der Waals surface area contributed by atoms with E-state index in [4.69, 9.17) is 21.7 Å². The molecule has 1 aromatic rings. The van der Waals surface area contributed by atoms with Gasteiger partial charge in [-0.1, -0.05) is 18.7 Å². The first-order valence-electron chi connectivity index (χ1n) is 4.41. The lowest BCUT2D eigenvalue weighted by Crippen LogP contribution is -2.21. The third-order valence-electron chi connectivity index (χ3n) is 1.83. The number of ether oxygens (including phenoxy) is 2. The Kier molecular flexibility index (Phi) is 4.12. The van der Waals surface area contributed by atoms with Crippen molar-refractivity contribution >= 4 is 23.5 Å². The van der Waals surface area contributed by atoms with Crippen molar-refractivity contribution in [1.82, 2.24) is 5.32 Å². The smallest absolute Gasteiger partial charge is 0.262 e. The van der Waals surface area contributed by atoms with Crippen LogP contribution >= 0.6 is 12.2 Å². The summed E-state index contributed by atoms with van der Waals surface area (Å²) >= 11 is 4.90. The number of hydrogen-bond donors (Lipinski definition) is 1. The van der Waals surface area contributed by atoms with Gasteiger partial charge in [0.25, 0.3) is 5.17 Å². The van der Waals surface area contributed by atoms with Crippen molar-refractivity contribution in [1.29, 1.82) is 0 Å². The predicted octanol–water partition coefficient (Wildman–Crippen LogP) is 2.22. The lowest BCUT2D eigenvalue weighted by molar-refractivity contribution is 0.390. The van der Waals surface area contributed by atoms with E-state index in [0.717, 1.165) is 5.56 Å². The molecule has 0 spiro atoms. The highest BCUT2D eigenvalue weighted by Gasteiger charge is 2.06. The fraction of sp³-hybridized carbons (Fsp3) is 0.182. The zero-order valence-electron chi connectivity index (χ0n) is 8.74. The second-order valence-electron chi connectivity index (χ2n) is 2.75. The highest BCUT2D eigenvalue weighted by Crippen LogP contribution is 2.28. The van der Waals surface area contributed by atoms with Crippen LogP contribution in [0.3, 0.4) is 0 Å². The Balaban J connectivity index is 2.97. The summed E-state index contributed by atoms with van der Waals surface area (Å²) in [5, 5.41) is 3.03. The normalized spacial score (nSPS) is 9.20. The number of thiocarbonyl (C=S) groups is 1. The number of hydrogen-bond acceptors (Lipinski definition) is 3. The predicted molar refractivity (Wildman–Crippen MR) is 65.4 cm³/mol. The Morgan fingerprint density at radius 3 is 2.73 bits per heavy atom. The SMILES string of the molecule is C=Cc1ccc(OC(=S)NC)c(OC)c1. The maximum Gasteiger partial charge on any atom is 0.262 e. The van der Waals surface area contributed by atoms with Gasteiger partial charge in [-0.3, -0.25) is 0 Å². The van der Waals surface area contributed by atoms with Gasteiger partial charge < -0.3 is 14.8 Å². The van der Waals surface area contributed by atoms with E-state index in [-0.39, 0.29) is 0 Å². The molecule has 3 nitrogen and oxygen atoms in total. The number of nitrogens with one attached hydrogen (secondary N) is 1. The summed E-state index contributed by atoms with van der Waals surface area (Å²) in [6.07, 6.45) is 1.74. The van der Waals surface area contributed by atoms with Crippen LogP contribution in [0, 0.1) is 0 Å². The van der Waals surface area contributed by atoms with Gasteiger partial charge in [0.1, 0.15) is 0 Å². The first kappa shape index (κ1) is 11.5. The highest BCUT2D eigenvalue weighted by molar-refractivity contribution is 7.80. The number of rotatable bonds is 3. The molecule has 0 saturated carbocycles. The number of methoxy groups -OCH3 is 1. The van der Waals surface area contributed by atoms with Gasteiger partial charge in [0.2, 0.25) is 0 Å². The Labute approximate surface area is 94.7 Å². The van der Waals surface area contributed by atoms with Gasteiger partial charge in [0, 0.05) is 7.05 Å². The van der Waals surface area contributed by atoms with Gasteiger partial charge in [-0.05, 0) is 29.9 Å². The van der Waals surface area contributed by atoms with Gasteiger partial charge in [-0.25, -0.2) is 0 Å². The molecule has 0 atom stereocenters. The molecular weight excluding hydrogens is 210 g/mol. The summed E-state index contributed by atoms with van der Waals surface area (Å²) in [6.45, 7) is 3.68. The largest absolute Gasteiger partial charge is 0.493 e. The van der Waals surface area contributed by atoms with Gasteiger partial charge in [0.05, 0.1) is 7.11 Å². The molecule has 1 rings (SSSR count). The van der Waals surface area contributed by atoms with Crippen LogP contribution < -0.4 is 14.8 Å². The van der Waals surface area contributed by atoms with Crippen molar-refractivity contribution < 1.29 is 9.47 Å². The number of benzene rings is 1. The molecule has 80 valence electrons. The summed E-state index contributed by atoms with van der Waals surface area (Å²) in [5.41, 5.74) is 0.967. The van der Waals surface area contributed by atoms with Crippen molar-refractivity contribution in [2.45, 2.75) is 0 Å². The van der Waals surface area contributed by atoms with E-state index in [1.54, 1.807) is 26.3 Å². The second kappa shape index (κ2) is 5.36. The molecule has 0 heterocycles. The average molecular weight is 223 g/mol. The average Bonchev–Trinajstić information content (AvgIpc) is 2.29. The van der Waals surface area contributed by atoms with E-state index in [1.807, 2.05) is 12.1 Å². The third kappa shape index (κ3) is 2.95. The van der Waals surface area contributed by atoms with Crippen LogP contribution in [0.2, 0.25) is 0 Å². The van der Waals surface area contributed by atoms with E-state index < -0.39 is 0 Å². The van der Waals surface area contributed by atoms with Crippen LogP contribution in [0.5, 0.6) is 11.5 Å². The van der Waals surface area contributed by atoms with E-state index in [9.17, 15) is 0 Å². The molecule has 4 heteroatoms. The molecule has 0 aliphatic carbocycles. The quantitative estimate of drug-likeness (QED) is 0.796. The Hall–Kier alpha value is -1.55. The minimum Gasteiger partial charge on any atom is -0.493 e. The molecule has 1 aromatic carbocycles. The summed E-state index contributed by atoms with van der Waals surface area (Å²) in [7, 11) is 3.28. The second-order valence-corrected chi connectivity index (χ2v) is 3.12. The van der Waals surface area contributed by atoms with E-state index >= 15 is 0 Å². The Morgan fingerprint density at radius 2 is 2.20 bits per heavy atom. The van der Waals surface area contributed by atoms with Crippen LogP contribution in [-0.2, 0) is 0 Å². The zero-order chi connectivity index (χ0) is 11.3. The Morgan fingerprint density at radius 1 is 1.47 bits per heavy atom. The molecule has 0 unspecified atom stereocenters. The minimum absolute atomic E-state index is 0.305. The molecule has 1 N–H and O–H groups in total. The lowest BCUT2D eigenvalue weighted by atomic mass is 10.2. The van der Waals surface area contributed by atoms with Gasteiger partial charge >= 0.3 is 0 Å². The van der Waals surface area contributed by atoms with Crippen LogP contribution in [0.15, 0.2) is 24.8 Å². The van der Waals surface area contributed by atoms with Crippen molar-refractivity contribution in [2.24, 2.45) is 0 Å².